The zero-order valence-electron chi connectivity index (χ0n) is 11.5. The fraction of sp³-hybridized carbons (Fsp3) is 0.250. The molecule has 21 heavy (non-hydrogen) atoms. The summed E-state index contributed by atoms with van der Waals surface area (Å²) >= 11 is 12.9. The van der Waals surface area contributed by atoms with Gasteiger partial charge in [0.15, 0.2) is 0 Å². The van der Waals surface area contributed by atoms with E-state index < -0.39 is 0 Å². The summed E-state index contributed by atoms with van der Waals surface area (Å²) in [6.07, 6.45) is 0.569. The molecule has 0 amide bonds. The lowest BCUT2D eigenvalue weighted by atomic mass is 9.98. The predicted octanol–water partition coefficient (Wildman–Crippen LogP) is 5.90. The van der Waals surface area contributed by atoms with Crippen LogP contribution in [0.5, 0.6) is 0 Å². The molecule has 0 spiro atoms. The molecule has 0 heterocycles. The van der Waals surface area contributed by atoms with E-state index in [9.17, 15) is 4.39 Å². The Kier molecular flexibility index (Phi) is 6.23. The molecule has 112 valence electrons. The van der Waals surface area contributed by atoms with Gasteiger partial charge in [-0.05, 0) is 54.4 Å². The van der Waals surface area contributed by atoms with Crippen LogP contribution < -0.4 is 5.32 Å². The maximum atomic E-state index is 14.0. The minimum absolute atomic E-state index is 0.0189. The van der Waals surface area contributed by atoms with Gasteiger partial charge < -0.3 is 5.32 Å². The van der Waals surface area contributed by atoms with Crippen molar-refractivity contribution in [3.63, 3.8) is 0 Å². The van der Waals surface area contributed by atoms with Crippen LogP contribution in [0.1, 0.15) is 24.1 Å². The number of hydrogen-bond donors (Lipinski definition) is 1. The third kappa shape index (κ3) is 4.52. The Bertz CT molecular complexity index is 634. The maximum absolute atomic E-state index is 14.0. The van der Waals surface area contributed by atoms with Gasteiger partial charge in [-0.15, -0.1) is 0 Å². The summed E-state index contributed by atoms with van der Waals surface area (Å²) < 4.78 is 15.8. The predicted molar refractivity (Wildman–Crippen MR) is 93.4 cm³/mol. The van der Waals surface area contributed by atoms with E-state index in [1.54, 1.807) is 6.07 Å². The van der Waals surface area contributed by atoms with E-state index in [0.717, 1.165) is 21.1 Å². The van der Waals surface area contributed by atoms with Crippen LogP contribution in [0, 0.1) is 5.82 Å². The van der Waals surface area contributed by atoms with Crippen molar-refractivity contribution >= 4 is 43.5 Å². The molecule has 0 aliphatic rings. The van der Waals surface area contributed by atoms with Crippen LogP contribution in [-0.2, 0) is 6.42 Å². The number of nitrogens with one attached hydrogen (secondary N) is 1. The monoisotopic (exact) mass is 433 g/mol. The van der Waals surface area contributed by atoms with Gasteiger partial charge in [0, 0.05) is 20.0 Å². The van der Waals surface area contributed by atoms with E-state index >= 15 is 0 Å². The SMILES string of the molecule is CCNC(Cc1cc(Br)ccc1F)c1ccc(Cl)cc1Br. The molecule has 0 aromatic heterocycles. The first kappa shape index (κ1) is 16.9. The first-order valence-electron chi connectivity index (χ1n) is 6.63. The molecule has 0 radical (unpaired) electrons. The van der Waals surface area contributed by atoms with Crippen LogP contribution in [0.15, 0.2) is 45.3 Å². The third-order valence-corrected chi connectivity index (χ3v) is 4.64. The van der Waals surface area contributed by atoms with E-state index in [1.807, 2.05) is 31.2 Å². The highest BCUT2D eigenvalue weighted by Gasteiger charge is 2.16. The van der Waals surface area contributed by atoms with Crippen molar-refractivity contribution < 1.29 is 4.39 Å². The average molecular weight is 436 g/mol. The molecule has 0 aliphatic carbocycles. The molecule has 0 saturated carbocycles. The Morgan fingerprint density at radius 3 is 2.62 bits per heavy atom. The summed E-state index contributed by atoms with van der Waals surface area (Å²) in [5, 5.41) is 4.07. The summed E-state index contributed by atoms with van der Waals surface area (Å²) in [4.78, 5) is 0. The Labute approximate surface area is 146 Å². The van der Waals surface area contributed by atoms with Gasteiger partial charge >= 0.3 is 0 Å². The second-order valence-corrected chi connectivity index (χ2v) is 6.92. The fourth-order valence-corrected chi connectivity index (χ4v) is 3.61. The lowest BCUT2D eigenvalue weighted by Crippen LogP contribution is -2.23. The summed E-state index contributed by atoms with van der Waals surface area (Å²) in [6.45, 7) is 2.84. The molecule has 2 aromatic rings. The minimum Gasteiger partial charge on any atom is -0.310 e. The lowest BCUT2D eigenvalue weighted by molar-refractivity contribution is 0.526. The van der Waals surface area contributed by atoms with Crippen molar-refractivity contribution in [1.29, 1.82) is 0 Å². The number of hydrogen-bond acceptors (Lipinski definition) is 1. The van der Waals surface area contributed by atoms with Crippen LogP contribution >= 0.6 is 43.5 Å². The van der Waals surface area contributed by atoms with Gasteiger partial charge in [-0.2, -0.15) is 0 Å². The summed E-state index contributed by atoms with van der Waals surface area (Å²) in [6, 6.07) is 10.7. The van der Waals surface area contributed by atoms with E-state index in [4.69, 9.17) is 11.6 Å². The molecular weight excluding hydrogens is 420 g/mol. The number of benzene rings is 2. The van der Waals surface area contributed by atoms with Crippen LogP contribution in [0.4, 0.5) is 4.39 Å². The van der Waals surface area contributed by atoms with Gasteiger partial charge in [-0.1, -0.05) is 56.5 Å². The lowest BCUT2D eigenvalue weighted by Gasteiger charge is -2.20. The summed E-state index contributed by atoms with van der Waals surface area (Å²) in [5.74, 6) is -0.189. The van der Waals surface area contributed by atoms with Crippen molar-refractivity contribution in [2.75, 3.05) is 6.54 Å². The van der Waals surface area contributed by atoms with Crippen LogP contribution in [0.25, 0.3) is 0 Å². The van der Waals surface area contributed by atoms with Gasteiger partial charge in [-0.3, -0.25) is 0 Å². The van der Waals surface area contributed by atoms with Gasteiger partial charge in [0.05, 0.1) is 0 Å². The van der Waals surface area contributed by atoms with E-state index in [-0.39, 0.29) is 11.9 Å². The molecule has 1 N–H and O–H groups in total. The second-order valence-electron chi connectivity index (χ2n) is 4.72. The molecule has 1 atom stereocenters. The van der Waals surface area contributed by atoms with Gasteiger partial charge in [0.25, 0.3) is 0 Å². The zero-order chi connectivity index (χ0) is 15.4. The number of likely N-dealkylation sites (N-methyl/N-ethyl adjacent to an activating group) is 1. The van der Waals surface area contributed by atoms with Gasteiger partial charge in [-0.25, -0.2) is 4.39 Å². The van der Waals surface area contributed by atoms with Crippen molar-refractivity contribution in [3.05, 3.63) is 67.3 Å². The summed E-state index contributed by atoms with van der Waals surface area (Å²) in [5.41, 5.74) is 1.75. The van der Waals surface area contributed by atoms with E-state index in [2.05, 4.69) is 37.2 Å². The Morgan fingerprint density at radius 2 is 1.95 bits per heavy atom. The first-order chi connectivity index (χ1) is 10.0. The van der Waals surface area contributed by atoms with Crippen LogP contribution in [0.3, 0.4) is 0 Å². The van der Waals surface area contributed by atoms with Crippen LogP contribution in [0.2, 0.25) is 5.02 Å². The van der Waals surface area contributed by atoms with Gasteiger partial charge in [0.1, 0.15) is 5.82 Å². The average Bonchev–Trinajstić information content (AvgIpc) is 2.42. The zero-order valence-corrected chi connectivity index (χ0v) is 15.4. The number of rotatable bonds is 5. The second kappa shape index (κ2) is 7.73. The van der Waals surface area contributed by atoms with Gasteiger partial charge in [0.2, 0.25) is 0 Å². The van der Waals surface area contributed by atoms with E-state index in [0.29, 0.717) is 17.0 Å². The molecule has 2 rings (SSSR count). The van der Waals surface area contributed by atoms with Crippen molar-refractivity contribution in [3.8, 4) is 0 Å². The van der Waals surface area contributed by atoms with E-state index in [1.165, 1.54) is 6.07 Å². The summed E-state index contributed by atoms with van der Waals surface area (Å²) in [7, 11) is 0. The Balaban J connectivity index is 2.32. The molecule has 0 saturated heterocycles. The largest absolute Gasteiger partial charge is 0.310 e. The fourth-order valence-electron chi connectivity index (χ4n) is 2.24. The molecule has 1 unspecified atom stereocenters. The standard InChI is InChI=1S/C16H15Br2ClFN/c1-2-21-16(13-5-4-12(19)9-14(13)18)8-10-7-11(17)3-6-15(10)20/h3-7,9,16,21H,2,8H2,1H3. The Hall–Kier alpha value is -0.420. The van der Waals surface area contributed by atoms with Crippen molar-refractivity contribution in [2.24, 2.45) is 0 Å². The van der Waals surface area contributed by atoms with Crippen molar-refractivity contribution in [1.82, 2.24) is 5.32 Å². The molecule has 0 fully saturated rings. The smallest absolute Gasteiger partial charge is 0.126 e. The highest BCUT2D eigenvalue weighted by molar-refractivity contribution is 9.10. The maximum Gasteiger partial charge on any atom is 0.126 e. The first-order valence-corrected chi connectivity index (χ1v) is 8.60. The highest BCUT2D eigenvalue weighted by atomic mass is 79.9. The molecule has 1 nitrogen and oxygen atoms in total. The number of halogens is 4. The van der Waals surface area contributed by atoms with Crippen LogP contribution in [-0.4, -0.2) is 6.54 Å². The molecule has 0 aliphatic heterocycles. The highest BCUT2D eigenvalue weighted by Crippen LogP contribution is 2.30. The molecular formula is C16H15Br2ClFN. The molecule has 2 aromatic carbocycles. The molecule has 5 heteroatoms. The minimum atomic E-state index is -0.189. The third-order valence-electron chi connectivity index (χ3n) is 3.22. The normalized spacial score (nSPS) is 12.4. The topological polar surface area (TPSA) is 12.0 Å². The molecule has 0 bridgehead atoms. The van der Waals surface area contributed by atoms with Crippen molar-refractivity contribution in [2.45, 2.75) is 19.4 Å². The quantitative estimate of drug-likeness (QED) is 0.617. The Morgan fingerprint density at radius 1 is 1.19 bits per heavy atom.